The van der Waals surface area contributed by atoms with Crippen molar-refractivity contribution in [2.45, 2.75) is 39.7 Å². The van der Waals surface area contributed by atoms with Crippen molar-refractivity contribution in [3.05, 3.63) is 35.4 Å². The highest BCUT2D eigenvalue weighted by molar-refractivity contribution is 5.83. The summed E-state index contributed by atoms with van der Waals surface area (Å²) >= 11 is 0. The van der Waals surface area contributed by atoms with Crippen LogP contribution in [0.2, 0.25) is 0 Å². The van der Waals surface area contributed by atoms with Gasteiger partial charge in [0.1, 0.15) is 0 Å². The van der Waals surface area contributed by atoms with Crippen LogP contribution in [-0.4, -0.2) is 68.8 Å². The summed E-state index contributed by atoms with van der Waals surface area (Å²) in [6.07, 6.45) is 3.40. The van der Waals surface area contributed by atoms with Crippen LogP contribution in [0, 0.1) is 13.8 Å². The minimum absolute atomic E-state index is 0.166. The van der Waals surface area contributed by atoms with Crippen molar-refractivity contribution < 1.29 is 14.3 Å². The van der Waals surface area contributed by atoms with Crippen molar-refractivity contribution in [1.29, 1.82) is 0 Å². The molecule has 9 nitrogen and oxygen atoms in total. The maximum atomic E-state index is 12.6. The number of rotatable bonds is 6. The topological polar surface area (TPSA) is 93.5 Å². The van der Waals surface area contributed by atoms with Crippen LogP contribution < -0.4 is 4.90 Å². The van der Waals surface area contributed by atoms with E-state index in [1.54, 1.807) is 30.3 Å². The zero-order valence-corrected chi connectivity index (χ0v) is 17.5. The summed E-state index contributed by atoms with van der Waals surface area (Å²) in [7, 11) is 1.88. The number of amides is 1. The summed E-state index contributed by atoms with van der Waals surface area (Å²) in [6, 6.07) is 1.77. The molecule has 156 valence electrons. The van der Waals surface area contributed by atoms with Gasteiger partial charge in [-0.2, -0.15) is 5.10 Å². The van der Waals surface area contributed by atoms with Gasteiger partial charge in [0.2, 0.25) is 5.95 Å². The predicted molar refractivity (Wildman–Crippen MR) is 107 cm³/mol. The molecule has 0 aromatic carbocycles. The third kappa shape index (κ3) is 4.90. The highest BCUT2D eigenvalue weighted by Gasteiger charge is 2.28. The number of carbonyl (C=O) groups is 2. The van der Waals surface area contributed by atoms with Gasteiger partial charge in [-0.15, -0.1) is 0 Å². The van der Waals surface area contributed by atoms with Gasteiger partial charge in [-0.05, 0) is 38.8 Å². The molecule has 9 heteroatoms. The third-order valence-electron chi connectivity index (χ3n) is 5.32. The minimum Gasteiger partial charge on any atom is -0.453 e. The number of hydrogen-bond acceptors (Lipinski definition) is 7. The van der Waals surface area contributed by atoms with Gasteiger partial charge in [0.15, 0.2) is 6.10 Å². The van der Waals surface area contributed by atoms with Gasteiger partial charge < -0.3 is 14.5 Å². The highest BCUT2D eigenvalue weighted by Crippen LogP contribution is 2.15. The zero-order chi connectivity index (χ0) is 21.0. The number of aromatic nitrogens is 4. The zero-order valence-electron chi connectivity index (χ0n) is 17.5. The fourth-order valence-corrected chi connectivity index (χ4v) is 3.55. The van der Waals surface area contributed by atoms with Crippen LogP contribution in [0.5, 0.6) is 0 Å². The lowest BCUT2D eigenvalue weighted by molar-refractivity contribution is -0.159. The third-order valence-corrected chi connectivity index (χ3v) is 5.32. The molecule has 29 heavy (non-hydrogen) atoms. The van der Waals surface area contributed by atoms with E-state index in [-0.39, 0.29) is 18.3 Å². The number of anilines is 1. The Morgan fingerprint density at radius 1 is 1.14 bits per heavy atom. The van der Waals surface area contributed by atoms with Crippen molar-refractivity contribution >= 4 is 17.8 Å². The van der Waals surface area contributed by atoms with Crippen molar-refractivity contribution in [1.82, 2.24) is 24.6 Å². The summed E-state index contributed by atoms with van der Waals surface area (Å²) in [6.45, 7) is 7.94. The van der Waals surface area contributed by atoms with Gasteiger partial charge in [-0.25, -0.2) is 9.97 Å². The van der Waals surface area contributed by atoms with E-state index in [2.05, 4.69) is 15.1 Å². The Bertz CT molecular complexity index is 859. The van der Waals surface area contributed by atoms with E-state index in [0.717, 1.165) is 17.0 Å². The molecule has 0 saturated carbocycles. The Morgan fingerprint density at radius 3 is 2.38 bits per heavy atom. The Hall–Kier alpha value is -2.97. The number of carbonyl (C=O) groups excluding carboxylic acids is 2. The molecule has 1 unspecified atom stereocenters. The number of piperazine rings is 1. The first-order valence-electron chi connectivity index (χ1n) is 9.86. The molecule has 0 spiro atoms. The Kier molecular flexibility index (Phi) is 6.46. The summed E-state index contributed by atoms with van der Waals surface area (Å²) in [5.41, 5.74) is 3.02. The summed E-state index contributed by atoms with van der Waals surface area (Å²) in [5.74, 6) is 0.130. The molecule has 0 N–H and O–H groups in total. The number of hydrogen-bond donors (Lipinski definition) is 0. The maximum Gasteiger partial charge on any atom is 0.306 e. The van der Waals surface area contributed by atoms with E-state index < -0.39 is 6.10 Å². The first-order chi connectivity index (χ1) is 13.9. The molecule has 1 aliphatic rings. The lowest BCUT2D eigenvalue weighted by atomic mass is 10.1. The van der Waals surface area contributed by atoms with Crippen LogP contribution in [0.4, 0.5) is 5.95 Å². The van der Waals surface area contributed by atoms with Crippen molar-refractivity contribution in [2.75, 3.05) is 31.1 Å². The second-order valence-electron chi connectivity index (χ2n) is 7.27. The Balaban J connectivity index is 1.46. The second kappa shape index (κ2) is 9.02. The average Bonchev–Trinajstić information content (AvgIpc) is 2.97. The molecule has 2 aromatic rings. The van der Waals surface area contributed by atoms with Crippen LogP contribution >= 0.6 is 0 Å². The van der Waals surface area contributed by atoms with Crippen molar-refractivity contribution in [3.8, 4) is 0 Å². The Labute approximate surface area is 170 Å². The van der Waals surface area contributed by atoms with E-state index in [1.807, 2.05) is 30.5 Å². The second-order valence-corrected chi connectivity index (χ2v) is 7.27. The summed E-state index contributed by atoms with van der Waals surface area (Å²) in [4.78, 5) is 37.1. The fraction of sp³-hybridized carbons (Fsp3) is 0.550. The van der Waals surface area contributed by atoms with E-state index >= 15 is 0 Å². The number of nitrogens with zero attached hydrogens (tertiary/aromatic N) is 6. The molecular weight excluding hydrogens is 372 g/mol. The van der Waals surface area contributed by atoms with Gasteiger partial charge in [0.25, 0.3) is 5.91 Å². The lowest BCUT2D eigenvalue weighted by Gasteiger charge is -2.35. The molecule has 1 fully saturated rings. The molecule has 0 radical (unpaired) electrons. The molecule has 1 aliphatic heterocycles. The van der Waals surface area contributed by atoms with Crippen LogP contribution in [0.25, 0.3) is 0 Å². The van der Waals surface area contributed by atoms with Crippen LogP contribution in [0.1, 0.15) is 30.3 Å². The molecule has 3 heterocycles. The standard InChI is InChI=1S/C20H28N6O3/c1-14-17(15(2)24(4)23-14)6-7-18(27)29-16(3)19(28)25-10-12-26(13-11-25)20-21-8-5-9-22-20/h5,8-9,16H,6-7,10-13H2,1-4H3. The highest BCUT2D eigenvalue weighted by atomic mass is 16.5. The van der Waals surface area contributed by atoms with Crippen LogP contribution in [-0.2, 0) is 27.8 Å². The molecular formula is C20H28N6O3. The van der Waals surface area contributed by atoms with Crippen LogP contribution in [0.3, 0.4) is 0 Å². The van der Waals surface area contributed by atoms with Gasteiger partial charge in [-0.1, -0.05) is 0 Å². The fourth-order valence-electron chi connectivity index (χ4n) is 3.55. The quantitative estimate of drug-likeness (QED) is 0.669. The first kappa shape index (κ1) is 20.8. The van der Waals surface area contributed by atoms with Gasteiger partial charge in [-0.3, -0.25) is 14.3 Å². The molecule has 0 aliphatic carbocycles. The Morgan fingerprint density at radius 2 is 1.79 bits per heavy atom. The minimum atomic E-state index is -0.793. The average molecular weight is 400 g/mol. The maximum absolute atomic E-state index is 12.6. The SMILES string of the molecule is Cc1nn(C)c(C)c1CCC(=O)OC(C)C(=O)N1CCN(c2ncccn2)CC1. The van der Waals surface area contributed by atoms with Gasteiger partial charge in [0.05, 0.1) is 5.69 Å². The monoisotopic (exact) mass is 400 g/mol. The van der Waals surface area contributed by atoms with E-state index in [1.165, 1.54) is 0 Å². The van der Waals surface area contributed by atoms with Crippen LogP contribution in [0.15, 0.2) is 18.5 Å². The van der Waals surface area contributed by atoms with Crippen molar-refractivity contribution in [3.63, 3.8) is 0 Å². The van der Waals surface area contributed by atoms with Gasteiger partial charge >= 0.3 is 5.97 Å². The number of esters is 1. The van der Waals surface area contributed by atoms with E-state index in [4.69, 9.17) is 4.74 Å². The normalized spacial score (nSPS) is 15.3. The molecule has 0 bridgehead atoms. The first-order valence-corrected chi connectivity index (χ1v) is 9.86. The predicted octanol–water partition coefficient (Wildman–Crippen LogP) is 1.04. The lowest BCUT2D eigenvalue weighted by Crippen LogP contribution is -2.52. The number of ether oxygens (including phenoxy) is 1. The summed E-state index contributed by atoms with van der Waals surface area (Å²) < 4.78 is 7.20. The van der Waals surface area contributed by atoms with Gasteiger partial charge in [0, 0.05) is 57.7 Å². The summed E-state index contributed by atoms with van der Waals surface area (Å²) in [5, 5.41) is 4.36. The molecule has 3 rings (SSSR count). The molecule has 2 aromatic heterocycles. The number of aryl methyl sites for hydroxylation is 2. The largest absolute Gasteiger partial charge is 0.453 e. The molecule has 1 amide bonds. The van der Waals surface area contributed by atoms with E-state index in [0.29, 0.717) is 38.5 Å². The smallest absolute Gasteiger partial charge is 0.306 e. The van der Waals surface area contributed by atoms with Crippen molar-refractivity contribution in [2.24, 2.45) is 7.05 Å². The molecule has 1 atom stereocenters. The van der Waals surface area contributed by atoms with E-state index in [9.17, 15) is 9.59 Å². The molecule has 1 saturated heterocycles.